The largest absolute Gasteiger partial charge is 0.338 e. The number of aryl methyl sites for hydroxylation is 1. The normalized spacial score (nSPS) is 23.5. The zero-order valence-electron chi connectivity index (χ0n) is 15.4. The number of nitrogens with zero attached hydrogens (tertiary/aromatic N) is 4. The summed E-state index contributed by atoms with van der Waals surface area (Å²) in [7, 11) is 0. The van der Waals surface area contributed by atoms with E-state index in [0.717, 1.165) is 56.1 Å². The van der Waals surface area contributed by atoms with Crippen LogP contribution in [0.1, 0.15) is 41.0 Å². The van der Waals surface area contributed by atoms with E-state index in [1.165, 1.54) is 12.8 Å². The predicted molar refractivity (Wildman–Crippen MR) is 101 cm³/mol. The van der Waals surface area contributed by atoms with E-state index in [2.05, 4.69) is 27.0 Å². The standard InChI is InChI=1S/C21H26N4O/c1-17-4-2-5-19(23-17)14-24-12-3-8-21(15-24)9-13-25(16-21)20(26)18-6-10-22-11-7-18/h2,4-7,10-11H,3,8-9,12-16H2,1H3/t21-/m1/s1. The molecule has 0 N–H and O–H groups in total. The highest BCUT2D eigenvalue weighted by Gasteiger charge is 2.42. The number of likely N-dealkylation sites (tertiary alicyclic amines) is 2. The van der Waals surface area contributed by atoms with Gasteiger partial charge < -0.3 is 4.90 Å². The average Bonchev–Trinajstić information content (AvgIpc) is 3.05. The SMILES string of the molecule is Cc1cccc(CN2CCC[C@@]3(CCN(C(=O)c4ccncc4)C3)C2)n1. The zero-order chi connectivity index (χ0) is 18.0. The minimum absolute atomic E-state index is 0.141. The number of pyridine rings is 2. The molecule has 2 saturated heterocycles. The van der Waals surface area contributed by atoms with Crippen molar-refractivity contribution in [3.8, 4) is 0 Å². The van der Waals surface area contributed by atoms with Crippen LogP contribution >= 0.6 is 0 Å². The van der Waals surface area contributed by atoms with E-state index in [-0.39, 0.29) is 11.3 Å². The van der Waals surface area contributed by atoms with Gasteiger partial charge in [-0.3, -0.25) is 19.7 Å². The average molecular weight is 350 g/mol. The number of carbonyl (C=O) groups excluding carboxylic acids is 1. The van der Waals surface area contributed by atoms with E-state index in [0.29, 0.717) is 0 Å². The molecule has 1 atom stereocenters. The fourth-order valence-corrected chi connectivity index (χ4v) is 4.48. The molecule has 5 heteroatoms. The van der Waals surface area contributed by atoms with E-state index < -0.39 is 0 Å². The predicted octanol–water partition coefficient (Wildman–Crippen LogP) is 2.91. The Morgan fingerprint density at radius 1 is 1.12 bits per heavy atom. The number of piperidine rings is 1. The van der Waals surface area contributed by atoms with Crippen LogP contribution in [-0.2, 0) is 6.54 Å². The summed E-state index contributed by atoms with van der Waals surface area (Å²) in [5.74, 6) is 0.141. The molecule has 0 bridgehead atoms. The molecule has 4 heterocycles. The van der Waals surface area contributed by atoms with Gasteiger partial charge in [0.1, 0.15) is 0 Å². The zero-order valence-corrected chi connectivity index (χ0v) is 15.4. The van der Waals surface area contributed by atoms with Crippen LogP contribution in [-0.4, -0.2) is 51.9 Å². The Morgan fingerprint density at radius 2 is 1.96 bits per heavy atom. The number of hydrogen-bond donors (Lipinski definition) is 0. The lowest BCUT2D eigenvalue weighted by molar-refractivity contribution is 0.0672. The summed E-state index contributed by atoms with van der Waals surface area (Å²) in [5.41, 5.74) is 3.20. The van der Waals surface area contributed by atoms with Crippen LogP contribution in [0.5, 0.6) is 0 Å². The fraction of sp³-hybridized carbons (Fsp3) is 0.476. The Morgan fingerprint density at radius 3 is 2.77 bits per heavy atom. The third-order valence-corrected chi connectivity index (χ3v) is 5.72. The summed E-state index contributed by atoms with van der Waals surface area (Å²) in [6.07, 6.45) is 6.89. The molecule has 0 aromatic carbocycles. The Kier molecular flexibility index (Phi) is 4.72. The highest BCUT2D eigenvalue weighted by molar-refractivity contribution is 5.94. The van der Waals surface area contributed by atoms with Crippen molar-refractivity contribution >= 4 is 5.91 Å². The van der Waals surface area contributed by atoms with E-state index in [1.807, 2.05) is 30.0 Å². The molecular formula is C21H26N4O. The summed E-state index contributed by atoms with van der Waals surface area (Å²) >= 11 is 0. The van der Waals surface area contributed by atoms with Gasteiger partial charge >= 0.3 is 0 Å². The molecule has 2 aromatic heterocycles. The van der Waals surface area contributed by atoms with Crippen molar-refractivity contribution in [1.29, 1.82) is 0 Å². The third-order valence-electron chi connectivity index (χ3n) is 5.72. The second kappa shape index (κ2) is 7.16. The second-order valence-corrected chi connectivity index (χ2v) is 7.80. The van der Waals surface area contributed by atoms with Crippen LogP contribution in [0.25, 0.3) is 0 Å². The van der Waals surface area contributed by atoms with E-state index >= 15 is 0 Å². The molecule has 2 aliphatic heterocycles. The van der Waals surface area contributed by atoms with Crippen LogP contribution in [0.15, 0.2) is 42.7 Å². The van der Waals surface area contributed by atoms with Crippen LogP contribution in [0, 0.1) is 12.3 Å². The molecular weight excluding hydrogens is 324 g/mol. The first-order chi connectivity index (χ1) is 12.6. The monoisotopic (exact) mass is 350 g/mol. The van der Waals surface area contributed by atoms with Gasteiger partial charge in [-0.1, -0.05) is 6.07 Å². The second-order valence-electron chi connectivity index (χ2n) is 7.80. The first-order valence-electron chi connectivity index (χ1n) is 9.48. The van der Waals surface area contributed by atoms with Crippen molar-refractivity contribution in [2.45, 2.75) is 32.7 Å². The summed E-state index contributed by atoms with van der Waals surface area (Å²) in [5, 5.41) is 0. The van der Waals surface area contributed by atoms with Gasteiger partial charge in [-0.2, -0.15) is 0 Å². The van der Waals surface area contributed by atoms with Gasteiger partial charge in [0.2, 0.25) is 0 Å². The Balaban J connectivity index is 1.42. The van der Waals surface area contributed by atoms with Crippen molar-refractivity contribution in [3.63, 3.8) is 0 Å². The number of hydrogen-bond acceptors (Lipinski definition) is 4. The lowest BCUT2D eigenvalue weighted by Gasteiger charge is -2.40. The lowest BCUT2D eigenvalue weighted by Crippen LogP contribution is -2.45. The minimum Gasteiger partial charge on any atom is -0.338 e. The Labute approximate surface area is 155 Å². The maximum atomic E-state index is 12.8. The van der Waals surface area contributed by atoms with Crippen molar-refractivity contribution in [2.75, 3.05) is 26.2 Å². The molecule has 0 saturated carbocycles. The van der Waals surface area contributed by atoms with Gasteiger partial charge in [-0.05, 0) is 57.0 Å². The number of aromatic nitrogens is 2. The fourth-order valence-electron chi connectivity index (χ4n) is 4.48. The van der Waals surface area contributed by atoms with E-state index in [9.17, 15) is 4.79 Å². The quantitative estimate of drug-likeness (QED) is 0.854. The number of amides is 1. The van der Waals surface area contributed by atoms with Crippen LogP contribution < -0.4 is 0 Å². The first kappa shape index (κ1) is 17.2. The van der Waals surface area contributed by atoms with Crippen LogP contribution in [0.2, 0.25) is 0 Å². The Bertz CT molecular complexity index is 779. The van der Waals surface area contributed by atoms with Gasteiger partial charge in [-0.25, -0.2) is 0 Å². The van der Waals surface area contributed by atoms with Gasteiger partial charge in [0.05, 0.1) is 5.69 Å². The van der Waals surface area contributed by atoms with Crippen molar-refractivity contribution < 1.29 is 4.79 Å². The first-order valence-corrected chi connectivity index (χ1v) is 9.48. The highest BCUT2D eigenvalue weighted by atomic mass is 16.2. The lowest BCUT2D eigenvalue weighted by atomic mass is 9.79. The van der Waals surface area contributed by atoms with Crippen molar-refractivity contribution in [2.24, 2.45) is 5.41 Å². The topological polar surface area (TPSA) is 49.3 Å². The maximum Gasteiger partial charge on any atom is 0.253 e. The van der Waals surface area contributed by atoms with Crippen LogP contribution in [0.4, 0.5) is 0 Å². The highest BCUT2D eigenvalue weighted by Crippen LogP contribution is 2.39. The summed E-state index contributed by atoms with van der Waals surface area (Å²) < 4.78 is 0. The summed E-state index contributed by atoms with van der Waals surface area (Å²) in [6.45, 7) is 6.85. The molecule has 26 heavy (non-hydrogen) atoms. The molecule has 1 spiro atoms. The molecule has 5 nitrogen and oxygen atoms in total. The molecule has 2 aromatic rings. The minimum atomic E-state index is 0.141. The molecule has 0 aliphatic carbocycles. The molecule has 1 amide bonds. The summed E-state index contributed by atoms with van der Waals surface area (Å²) in [4.78, 5) is 26.0. The third kappa shape index (κ3) is 3.63. The van der Waals surface area contributed by atoms with Gasteiger partial charge in [0, 0.05) is 55.2 Å². The number of rotatable bonds is 3. The van der Waals surface area contributed by atoms with Gasteiger partial charge in [0.15, 0.2) is 0 Å². The number of carbonyl (C=O) groups is 1. The van der Waals surface area contributed by atoms with E-state index in [4.69, 9.17) is 0 Å². The van der Waals surface area contributed by atoms with Gasteiger partial charge in [-0.15, -0.1) is 0 Å². The van der Waals surface area contributed by atoms with Crippen molar-refractivity contribution in [1.82, 2.24) is 19.8 Å². The molecule has 136 valence electrons. The molecule has 2 fully saturated rings. The Hall–Kier alpha value is -2.27. The van der Waals surface area contributed by atoms with Gasteiger partial charge in [0.25, 0.3) is 5.91 Å². The van der Waals surface area contributed by atoms with Crippen molar-refractivity contribution in [3.05, 3.63) is 59.7 Å². The maximum absolute atomic E-state index is 12.8. The molecule has 2 aliphatic rings. The molecule has 0 radical (unpaired) electrons. The van der Waals surface area contributed by atoms with Crippen LogP contribution in [0.3, 0.4) is 0 Å². The smallest absolute Gasteiger partial charge is 0.253 e. The van der Waals surface area contributed by atoms with E-state index in [1.54, 1.807) is 12.4 Å². The summed E-state index contributed by atoms with van der Waals surface area (Å²) in [6, 6.07) is 9.86. The molecule has 4 rings (SSSR count). The molecule has 0 unspecified atom stereocenters.